The Kier molecular flexibility index (Phi) is 6.67. The van der Waals surface area contributed by atoms with Crippen molar-refractivity contribution in [3.8, 4) is 0 Å². The van der Waals surface area contributed by atoms with Crippen molar-refractivity contribution in [2.75, 3.05) is 14.2 Å². The molecular formula is C2H9F5N5O2P5. The van der Waals surface area contributed by atoms with E-state index in [-0.39, 0.29) is 0 Å². The van der Waals surface area contributed by atoms with Gasteiger partial charge in [0.05, 0.1) is 0 Å². The highest BCUT2D eigenvalue weighted by molar-refractivity contribution is 7.72. The molecule has 5 unspecified atom stereocenters. The molecule has 1 aliphatic heterocycles. The van der Waals surface area contributed by atoms with Crippen LogP contribution >= 0.6 is 40.0 Å². The molecule has 0 fully saturated rings. The Morgan fingerprint density at radius 3 is 1.89 bits per heavy atom. The van der Waals surface area contributed by atoms with Crippen molar-refractivity contribution >= 4 is 40.0 Å². The zero-order chi connectivity index (χ0) is 14.7. The van der Waals surface area contributed by atoms with Gasteiger partial charge >= 0.3 is 15.5 Å². The largest absolute Gasteiger partial charge is 0.385 e. The van der Waals surface area contributed by atoms with Crippen LogP contribution in [0.15, 0.2) is 22.6 Å². The molecular weight excluding hydrogens is 376 g/mol. The van der Waals surface area contributed by atoms with Crippen molar-refractivity contribution in [1.29, 1.82) is 0 Å². The van der Waals surface area contributed by atoms with Gasteiger partial charge in [0.25, 0.3) is 0 Å². The Morgan fingerprint density at radius 1 is 0.842 bits per heavy atom. The fourth-order valence-electron chi connectivity index (χ4n) is 0.756. The van der Waals surface area contributed by atoms with E-state index in [0.29, 0.717) is 0 Å². The van der Waals surface area contributed by atoms with E-state index in [0.717, 1.165) is 14.2 Å². The normalized spacial score (nSPS) is 46.4. The molecule has 0 spiro atoms. The first-order valence-electron chi connectivity index (χ1n) is 4.23. The van der Waals surface area contributed by atoms with Gasteiger partial charge in [-0.1, -0.05) is 0 Å². The molecule has 7 nitrogen and oxygen atoms in total. The Bertz CT molecular complexity index is 563. The summed E-state index contributed by atoms with van der Waals surface area (Å²) in [5, 5.41) is 0. The molecule has 0 N–H and O–H groups in total. The molecule has 17 heteroatoms. The Morgan fingerprint density at radius 2 is 1.37 bits per heavy atom. The van der Waals surface area contributed by atoms with Crippen LogP contribution in [0.1, 0.15) is 0 Å². The third-order valence-electron chi connectivity index (χ3n) is 1.47. The summed E-state index contributed by atoms with van der Waals surface area (Å²) >= 11 is 0. The topological polar surface area (TPSA) is 80.3 Å². The van der Waals surface area contributed by atoms with E-state index in [9.17, 15) is 21.0 Å². The van der Waals surface area contributed by atoms with Gasteiger partial charge in [-0.25, -0.2) is 0 Å². The second-order valence-electron chi connectivity index (χ2n) is 2.63. The summed E-state index contributed by atoms with van der Waals surface area (Å²) in [6, 6.07) is 0. The van der Waals surface area contributed by atoms with Gasteiger partial charge in [0, 0.05) is 14.2 Å². The van der Waals surface area contributed by atoms with E-state index in [4.69, 9.17) is 0 Å². The molecule has 5 atom stereocenters. The maximum atomic E-state index is 13.9. The monoisotopic (exact) mass is 385 g/mol. The highest BCUT2D eigenvalue weighted by atomic mass is 31.3. The lowest BCUT2D eigenvalue weighted by Crippen LogP contribution is -1.77. The van der Waals surface area contributed by atoms with Crippen LogP contribution in [0.4, 0.5) is 21.0 Å². The Balaban J connectivity index is 3.65. The number of hydrogen-bond acceptors (Lipinski definition) is 7. The van der Waals surface area contributed by atoms with Crippen molar-refractivity contribution in [1.82, 2.24) is 0 Å². The summed E-state index contributed by atoms with van der Waals surface area (Å²) in [4.78, 5) is 0. The van der Waals surface area contributed by atoms with Gasteiger partial charge < -0.3 is 9.05 Å². The van der Waals surface area contributed by atoms with Crippen LogP contribution in [0.5, 0.6) is 0 Å². The van der Waals surface area contributed by atoms with Crippen molar-refractivity contribution in [2.45, 2.75) is 0 Å². The van der Waals surface area contributed by atoms with Crippen LogP contribution in [0.2, 0.25) is 0 Å². The number of nitrogens with zero attached hydrogens (tertiary/aromatic N) is 5. The summed E-state index contributed by atoms with van der Waals surface area (Å²) in [6.45, 7) is 0. The third kappa shape index (κ3) is 5.55. The first-order valence-corrected chi connectivity index (χ1v) is 11.1. The number of hydrogen-bond donors (Lipinski definition) is 0. The molecule has 0 aromatic carbocycles. The van der Waals surface area contributed by atoms with Crippen molar-refractivity contribution in [3.05, 3.63) is 0 Å². The standard InChI is InChI=1S/C2H9F5N5O2P5/c1-13-18(6)10-16(4)8-15(3)9-17(5)11-19(7,12-18)14-2/h15-17H,1-2H3. The molecule has 0 aromatic heterocycles. The van der Waals surface area contributed by atoms with Gasteiger partial charge in [0.1, 0.15) is 0 Å². The van der Waals surface area contributed by atoms with Gasteiger partial charge in [-0.15, -0.1) is 4.52 Å². The van der Waals surface area contributed by atoms with E-state index in [1.807, 2.05) is 0 Å². The molecule has 19 heavy (non-hydrogen) atoms. The quantitative estimate of drug-likeness (QED) is 0.391. The second kappa shape index (κ2) is 7.13. The lowest BCUT2D eigenvalue weighted by Gasteiger charge is -2.12. The van der Waals surface area contributed by atoms with Gasteiger partial charge in [-0.2, -0.15) is 39.0 Å². The zero-order valence-electron chi connectivity index (χ0n) is 9.34. The molecule has 0 aromatic rings. The third-order valence-corrected chi connectivity index (χ3v) is 10.4. The van der Waals surface area contributed by atoms with E-state index in [1.54, 1.807) is 0 Å². The van der Waals surface area contributed by atoms with Crippen LogP contribution in [-0.4, -0.2) is 14.2 Å². The SMILES string of the molecule is COP1(F)=N\[PH](F)=N/[PH](F)=N\[PH](F)=N/P(F)(OC)=N1. The van der Waals surface area contributed by atoms with Crippen molar-refractivity contribution in [2.24, 2.45) is 22.6 Å². The fourth-order valence-corrected chi connectivity index (χ4v) is 8.78. The molecule has 0 saturated heterocycles. The van der Waals surface area contributed by atoms with E-state index >= 15 is 0 Å². The highest BCUT2D eigenvalue weighted by Crippen LogP contribution is 2.72. The summed E-state index contributed by atoms with van der Waals surface area (Å²) in [5.74, 6) is 0. The predicted octanol–water partition coefficient (Wildman–Crippen LogP) is 6.72. The van der Waals surface area contributed by atoms with Gasteiger partial charge in [-0.05, 0) is 0 Å². The van der Waals surface area contributed by atoms with Crippen molar-refractivity contribution in [3.63, 3.8) is 0 Å². The van der Waals surface area contributed by atoms with Gasteiger partial charge in [0.2, 0.25) is 24.5 Å². The average Bonchev–Trinajstić information content (AvgIpc) is 2.26. The lowest BCUT2D eigenvalue weighted by atomic mass is 11.8. The average molecular weight is 385 g/mol. The van der Waals surface area contributed by atoms with E-state index < -0.39 is 40.0 Å². The molecule has 114 valence electrons. The lowest BCUT2D eigenvalue weighted by molar-refractivity contribution is 0.408. The number of halogens is 5. The van der Waals surface area contributed by atoms with E-state index in [1.165, 1.54) is 0 Å². The molecule has 1 aliphatic rings. The summed E-state index contributed by atoms with van der Waals surface area (Å²) in [7, 11) is -19.2. The maximum absolute atomic E-state index is 13.9. The van der Waals surface area contributed by atoms with Crippen LogP contribution in [0.25, 0.3) is 0 Å². The summed E-state index contributed by atoms with van der Waals surface area (Å²) in [6.07, 6.45) is 0. The Labute approximate surface area is 107 Å². The van der Waals surface area contributed by atoms with Crippen LogP contribution in [-0.2, 0) is 9.05 Å². The molecule has 0 radical (unpaired) electrons. The van der Waals surface area contributed by atoms with Crippen LogP contribution < -0.4 is 0 Å². The summed E-state index contributed by atoms with van der Waals surface area (Å²) < 4.78 is 89.6. The molecule has 0 aliphatic carbocycles. The van der Waals surface area contributed by atoms with Gasteiger partial charge in [0.15, 0.2) is 0 Å². The van der Waals surface area contributed by atoms with Crippen LogP contribution in [0, 0.1) is 0 Å². The highest BCUT2D eigenvalue weighted by Gasteiger charge is 2.29. The second-order valence-corrected chi connectivity index (χ2v) is 11.0. The fraction of sp³-hybridized carbons (Fsp3) is 1.00. The predicted molar refractivity (Wildman–Crippen MR) is 70.5 cm³/mol. The Hall–Kier alpha value is 0.720. The first-order chi connectivity index (χ1) is 8.72. The molecule has 0 saturated carbocycles. The zero-order valence-corrected chi connectivity index (χ0v) is 14.1. The molecule has 0 amide bonds. The van der Waals surface area contributed by atoms with Gasteiger partial charge in [-0.3, -0.25) is 0 Å². The number of rotatable bonds is 2. The molecule has 0 bridgehead atoms. The van der Waals surface area contributed by atoms with Crippen LogP contribution in [0.3, 0.4) is 0 Å². The maximum Gasteiger partial charge on any atom is 0.385 e. The smallest absolute Gasteiger partial charge is 0.307 e. The minimum absolute atomic E-state index is 0.759. The summed E-state index contributed by atoms with van der Waals surface area (Å²) in [5.41, 5.74) is 0. The van der Waals surface area contributed by atoms with Crippen molar-refractivity contribution < 1.29 is 30.0 Å². The molecule has 1 rings (SSSR count). The van der Waals surface area contributed by atoms with E-state index in [2.05, 4.69) is 31.6 Å². The minimum Gasteiger partial charge on any atom is -0.307 e. The first kappa shape index (κ1) is 17.8. The molecule has 1 heterocycles. The minimum atomic E-state index is -4.77.